The van der Waals surface area contributed by atoms with Gasteiger partial charge >= 0.3 is 6.09 Å². The smallest absolute Gasteiger partial charge is 0.414 e. The zero-order valence-electron chi connectivity index (χ0n) is 15.9. The van der Waals surface area contributed by atoms with E-state index in [0.29, 0.717) is 0 Å². The van der Waals surface area contributed by atoms with Gasteiger partial charge in [-0.05, 0) is 29.3 Å². The number of benzene rings is 2. The van der Waals surface area contributed by atoms with Crippen LogP contribution < -0.4 is 0 Å². The van der Waals surface area contributed by atoms with Crippen LogP contribution in [0.25, 0.3) is 22.9 Å². The summed E-state index contributed by atoms with van der Waals surface area (Å²) in [4.78, 5) is 18.8. The maximum absolute atomic E-state index is 12.5. The summed E-state index contributed by atoms with van der Waals surface area (Å²) in [6.45, 7) is 0. The fraction of sp³-hybridized carbons (Fsp3) is 0.0833. The van der Waals surface area contributed by atoms with Crippen molar-refractivity contribution in [3.8, 4) is 11.3 Å². The molecule has 3 heterocycles. The molecule has 5 heteroatoms. The molecule has 0 radical (unpaired) electrons. The molecular formula is C24H19N3O2. The van der Waals surface area contributed by atoms with Crippen LogP contribution in [0.3, 0.4) is 0 Å². The summed E-state index contributed by atoms with van der Waals surface area (Å²) in [5, 5.41) is 0. The van der Waals surface area contributed by atoms with Crippen LogP contribution in [0.15, 0.2) is 85.3 Å². The van der Waals surface area contributed by atoms with Crippen LogP contribution in [-0.4, -0.2) is 27.5 Å². The monoisotopic (exact) mass is 381 g/mol. The number of aromatic nitrogens is 2. The second kappa shape index (κ2) is 6.95. The van der Waals surface area contributed by atoms with E-state index >= 15 is 0 Å². The first-order chi connectivity index (χ1) is 14.3. The molecule has 0 saturated heterocycles. The summed E-state index contributed by atoms with van der Waals surface area (Å²) in [6.07, 6.45) is 7.22. The predicted molar refractivity (Wildman–Crippen MR) is 112 cm³/mol. The summed E-state index contributed by atoms with van der Waals surface area (Å²) in [7, 11) is 1.40. The molecule has 29 heavy (non-hydrogen) atoms. The first-order valence-corrected chi connectivity index (χ1v) is 9.42. The van der Waals surface area contributed by atoms with Gasteiger partial charge in [-0.1, -0.05) is 54.6 Å². The minimum atomic E-state index is -0.395. The topological polar surface area (TPSA) is 46.8 Å². The van der Waals surface area contributed by atoms with Crippen LogP contribution in [-0.2, 0) is 4.74 Å². The number of carbonyl (C=O) groups excluding carboxylic acids is 1. The normalized spacial score (nSPS) is 15.3. The molecule has 0 N–H and O–H groups in total. The average Bonchev–Trinajstić information content (AvgIpc) is 3.21. The molecule has 0 spiro atoms. The molecule has 142 valence electrons. The van der Waals surface area contributed by atoms with Gasteiger partial charge < -0.3 is 9.14 Å². The predicted octanol–water partition coefficient (Wildman–Crippen LogP) is 5.14. The highest BCUT2D eigenvalue weighted by atomic mass is 16.5. The van der Waals surface area contributed by atoms with Gasteiger partial charge in [-0.25, -0.2) is 4.79 Å². The van der Waals surface area contributed by atoms with Crippen LogP contribution >= 0.6 is 0 Å². The first-order valence-electron chi connectivity index (χ1n) is 9.42. The van der Waals surface area contributed by atoms with Crippen molar-refractivity contribution in [1.82, 2.24) is 14.3 Å². The van der Waals surface area contributed by atoms with Gasteiger partial charge in [0.05, 0.1) is 30.2 Å². The molecule has 2 aromatic carbocycles. The van der Waals surface area contributed by atoms with E-state index in [9.17, 15) is 4.79 Å². The van der Waals surface area contributed by atoms with Crippen molar-refractivity contribution in [2.75, 3.05) is 7.11 Å². The van der Waals surface area contributed by atoms with E-state index in [1.807, 2.05) is 73.1 Å². The average molecular weight is 381 g/mol. The van der Waals surface area contributed by atoms with Crippen LogP contribution in [0.2, 0.25) is 0 Å². The Morgan fingerprint density at radius 3 is 2.62 bits per heavy atom. The molecule has 1 amide bonds. The van der Waals surface area contributed by atoms with Crippen molar-refractivity contribution in [2.45, 2.75) is 6.04 Å². The van der Waals surface area contributed by atoms with E-state index in [4.69, 9.17) is 4.74 Å². The Balaban J connectivity index is 1.70. The highest BCUT2D eigenvalue weighted by Crippen LogP contribution is 2.37. The molecule has 0 unspecified atom stereocenters. The van der Waals surface area contributed by atoms with Gasteiger partial charge in [-0.15, -0.1) is 0 Å². The van der Waals surface area contributed by atoms with Crippen LogP contribution in [0.4, 0.5) is 4.79 Å². The zero-order valence-corrected chi connectivity index (χ0v) is 15.9. The van der Waals surface area contributed by atoms with Gasteiger partial charge in [-0.3, -0.25) is 9.88 Å². The van der Waals surface area contributed by atoms with E-state index < -0.39 is 6.09 Å². The Kier molecular flexibility index (Phi) is 4.13. The number of hydrogen-bond donors (Lipinski definition) is 0. The van der Waals surface area contributed by atoms with Crippen LogP contribution in [0.5, 0.6) is 0 Å². The molecule has 0 bridgehead atoms. The molecule has 1 atom stereocenters. The second-order valence-electron chi connectivity index (χ2n) is 6.92. The third kappa shape index (κ3) is 2.88. The summed E-state index contributed by atoms with van der Waals surface area (Å²) >= 11 is 0. The summed E-state index contributed by atoms with van der Waals surface area (Å²) in [5.41, 5.74) is 6.00. The molecule has 1 aliphatic heterocycles. The lowest BCUT2D eigenvalue weighted by Crippen LogP contribution is -2.33. The molecule has 2 aromatic heterocycles. The Hall–Kier alpha value is -3.86. The fourth-order valence-corrected chi connectivity index (χ4v) is 3.89. The molecule has 5 nitrogen and oxygen atoms in total. The third-order valence-corrected chi connectivity index (χ3v) is 5.29. The zero-order chi connectivity index (χ0) is 19.8. The summed E-state index contributed by atoms with van der Waals surface area (Å²) in [6, 6.07) is 21.9. The first kappa shape index (κ1) is 17.3. The Labute approximate surface area is 168 Å². The highest BCUT2D eigenvalue weighted by Gasteiger charge is 2.31. The third-order valence-electron chi connectivity index (χ3n) is 5.29. The molecule has 0 fully saturated rings. The van der Waals surface area contributed by atoms with Crippen molar-refractivity contribution in [3.05, 3.63) is 102 Å². The van der Waals surface area contributed by atoms with E-state index in [1.165, 1.54) is 7.11 Å². The molecule has 5 rings (SSSR count). The van der Waals surface area contributed by atoms with Crippen LogP contribution in [0.1, 0.15) is 22.9 Å². The van der Waals surface area contributed by atoms with Gasteiger partial charge in [0.15, 0.2) is 0 Å². The second-order valence-corrected chi connectivity index (χ2v) is 6.92. The Morgan fingerprint density at radius 1 is 1.00 bits per heavy atom. The SMILES string of the molecule is COC(=O)N1C=Cc2ccccc2[C@@H]1c1ccc2cnc(-c3ccccc3)cn12. The molecule has 4 aromatic rings. The lowest BCUT2D eigenvalue weighted by molar-refractivity contribution is 0.130. The number of amides is 1. The lowest BCUT2D eigenvalue weighted by atomic mass is 9.94. The van der Waals surface area contributed by atoms with Crippen molar-refractivity contribution in [2.24, 2.45) is 0 Å². The van der Waals surface area contributed by atoms with Gasteiger partial charge in [0.25, 0.3) is 0 Å². The summed E-state index contributed by atoms with van der Waals surface area (Å²) < 4.78 is 7.16. The number of rotatable bonds is 2. The van der Waals surface area contributed by atoms with Crippen LogP contribution in [0, 0.1) is 0 Å². The highest BCUT2D eigenvalue weighted by molar-refractivity contribution is 5.75. The number of methoxy groups -OCH3 is 1. The Morgan fingerprint density at radius 2 is 1.79 bits per heavy atom. The Bertz CT molecular complexity index is 1230. The van der Waals surface area contributed by atoms with Crippen molar-refractivity contribution < 1.29 is 9.53 Å². The minimum absolute atomic E-state index is 0.294. The van der Waals surface area contributed by atoms with Gasteiger partial charge in [0.1, 0.15) is 6.04 Å². The summed E-state index contributed by atoms with van der Waals surface area (Å²) in [5.74, 6) is 0. The fourth-order valence-electron chi connectivity index (χ4n) is 3.89. The standard InChI is InChI=1S/C24H19N3O2/c1-29-24(28)26-14-13-17-7-5-6-10-20(17)23(26)22-12-11-19-15-25-21(16-27(19)22)18-8-3-2-4-9-18/h2-16,23H,1H3/t23-/m1/s1. The number of hydrogen-bond acceptors (Lipinski definition) is 3. The maximum atomic E-state index is 12.5. The van der Waals surface area contributed by atoms with Gasteiger partial charge in [-0.2, -0.15) is 0 Å². The van der Waals surface area contributed by atoms with Crippen molar-refractivity contribution in [3.63, 3.8) is 0 Å². The largest absolute Gasteiger partial charge is 0.452 e. The molecule has 1 aliphatic rings. The maximum Gasteiger partial charge on any atom is 0.414 e. The quantitative estimate of drug-likeness (QED) is 0.483. The van der Waals surface area contributed by atoms with E-state index in [2.05, 4.69) is 21.5 Å². The number of fused-ring (bicyclic) bond motifs is 2. The van der Waals surface area contributed by atoms with Gasteiger partial charge in [0.2, 0.25) is 0 Å². The van der Waals surface area contributed by atoms with E-state index in [0.717, 1.165) is 33.6 Å². The number of carbonyl (C=O) groups is 1. The lowest BCUT2D eigenvalue weighted by Gasteiger charge is -2.32. The number of ether oxygens (including phenoxy) is 1. The van der Waals surface area contributed by atoms with Crippen molar-refractivity contribution in [1.29, 1.82) is 0 Å². The van der Waals surface area contributed by atoms with E-state index in [1.54, 1.807) is 11.1 Å². The molecule has 0 aliphatic carbocycles. The van der Waals surface area contributed by atoms with Gasteiger partial charge in [0, 0.05) is 18.0 Å². The molecule has 0 saturated carbocycles. The number of nitrogens with zero attached hydrogens (tertiary/aromatic N) is 3. The van der Waals surface area contributed by atoms with Crippen molar-refractivity contribution >= 4 is 17.7 Å². The van der Waals surface area contributed by atoms with E-state index in [-0.39, 0.29) is 6.04 Å². The minimum Gasteiger partial charge on any atom is -0.452 e. The molecular weight excluding hydrogens is 362 g/mol.